The number of amides is 1. The molecule has 14 heavy (non-hydrogen) atoms. The second kappa shape index (κ2) is 3.38. The molecule has 3 heteroatoms. The molecule has 0 bridgehead atoms. The molecule has 2 N–H and O–H groups in total. The first kappa shape index (κ1) is 8.56. The second-order valence-corrected chi connectivity index (χ2v) is 2.95. The number of carbonyl (C=O) groups is 1. The van der Waals surface area contributed by atoms with Gasteiger partial charge >= 0.3 is 0 Å². The highest BCUT2D eigenvalue weighted by molar-refractivity contribution is 5.98. The Labute approximate surface area is 81.4 Å². The normalized spacial score (nSPS) is 10.0. The molecule has 2 aromatic rings. The van der Waals surface area contributed by atoms with Crippen molar-refractivity contribution in [3.63, 3.8) is 0 Å². The van der Waals surface area contributed by atoms with Gasteiger partial charge in [0.2, 0.25) is 0 Å². The average molecular weight is 186 g/mol. The lowest BCUT2D eigenvalue weighted by atomic mass is 10.2. The third-order valence-corrected chi connectivity index (χ3v) is 2.01. The molecule has 0 saturated heterocycles. The van der Waals surface area contributed by atoms with Crippen molar-refractivity contribution in [3.05, 3.63) is 48.8 Å². The summed E-state index contributed by atoms with van der Waals surface area (Å²) >= 11 is 0. The third-order valence-electron chi connectivity index (χ3n) is 2.01. The first-order valence-corrected chi connectivity index (χ1v) is 4.31. The molecule has 0 unspecified atom stereocenters. The number of hydrogen-bond acceptors (Lipinski definition) is 1. The Morgan fingerprint density at radius 3 is 2.93 bits per heavy atom. The minimum Gasteiger partial charge on any atom is -0.351 e. The molecule has 1 amide bonds. The summed E-state index contributed by atoms with van der Waals surface area (Å²) in [5.74, 6) is -0.170. The number of aromatic amines is 1. The van der Waals surface area contributed by atoms with E-state index < -0.39 is 0 Å². The van der Waals surface area contributed by atoms with E-state index in [1.807, 2.05) is 30.3 Å². The van der Waals surface area contributed by atoms with E-state index in [0.717, 1.165) is 10.9 Å². The summed E-state index contributed by atoms with van der Waals surface area (Å²) < 4.78 is 0. The molecule has 0 aliphatic carbocycles. The van der Waals surface area contributed by atoms with E-state index in [2.05, 4.69) is 16.9 Å². The first-order valence-electron chi connectivity index (χ1n) is 4.31. The minimum atomic E-state index is -0.170. The van der Waals surface area contributed by atoms with E-state index in [4.69, 9.17) is 0 Å². The van der Waals surface area contributed by atoms with E-state index in [1.54, 1.807) is 0 Å². The summed E-state index contributed by atoms with van der Waals surface area (Å²) in [6, 6.07) is 9.56. The van der Waals surface area contributed by atoms with Gasteiger partial charge in [-0.05, 0) is 18.3 Å². The quantitative estimate of drug-likeness (QED) is 0.740. The maximum atomic E-state index is 11.4. The summed E-state index contributed by atoms with van der Waals surface area (Å²) in [6.45, 7) is 3.43. The summed E-state index contributed by atoms with van der Waals surface area (Å²) in [5.41, 5.74) is 1.51. The highest BCUT2D eigenvalue weighted by Gasteiger charge is 2.06. The van der Waals surface area contributed by atoms with Gasteiger partial charge in [-0.15, -0.1) is 0 Å². The van der Waals surface area contributed by atoms with Crippen molar-refractivity contribution in [1.29, 1.82) is 0 Å². The zero-order valence-electron chi connectivity index (χ0n) is 7.58. The number of rotatable bonds is 2. The van der Waals surface area contributed by atoms with Crippen molar-refractivity contribution in [3.8, 4) is 0 Å². The van der Waals surface area contributed by atoms with Crippen molar-refractivity contribution in [1.82, 2.24) is 10.3 Å². The van der Waals surface area contributed by atoms with Crippen LogP contribution in [0.5, 0.6) is 0 Å². The van der Waals surface area contributed by atoms with Crippen molar-refractivity contribution >= 4 is 16.8 Å². The average Bonchev–Trinajstić information content (AvgIpc) is 2.61. The zero-order chi connectivity index (χ0) is 9.97. The second-order valence-electron chi connectivity index (χ2n) is 2.95. The molecule has 70 valence electrons. The number of hydrogen-bond donors (Lipinski definition) is 2. The Kier molecular flexibility index (Phi) is 2.07. The third kappa shape index (κ3) is 1.40. The molecule has 1 aromatic carbocycles. The Bertz CT molecular complexity index is 452. The Morgan fingerprint density at radius 1 is 1.43 bits per heavy atom. The molecule has 0 saturated carbocycles. The number of H-pyrrole nitrogens is 1. The smallest absolute Gasteiger partial charge is 0.271 e. The highest BCUT2D eigenvalue weighted by Crippen LogP contribution is 2.14. The molecule has 0 radical (unpaired) electrons. The van der Waals surface area contributed by atoms with Crippen molar-refractivity contribution < 1.29 is 4.79 Å². The number of nitrogens with one attached hydrogen (secondary N) is 2. The molecular weight excluding hydrogens is 176 g/mol. The summed E-state index contributed by atoms with van der Waals surface area (Å²) in [5, 5.41) is 3.55. The van der Waals surface area contributed by atoms with Crippen LogP contribution in [-0.2, 0) is 0 Å². The topological polar surface area (TPSA) is 44.9 Å². The van der Waals surface area contributed by atoms with Crippen LogP contribution in [0.2, 0.25) is 0 Å². The molecule has 0 spiro atoms. The maximum absolute atomic E-state index is 11.4. The van der Waals surface area contributed by atoms with Gasteiger partial charge < -0.3 is 10.3 Å². The molecule has 0 atom stereocenters. The lowest BCUT2D eigenvalue weighted by Crippen LogP contribution is -2.16. The zero-order valence-corrected chi connectivity index (χ0v) is 7.58. The van der Waals surface area contributed by atoms with Crippen LogP contribution in [0.25, 0.3) is 10.9 Å². The highest BCUT2D eigenvalue weighted by atomic mass is 16.1. The standard InChI is InChI=1S/C11H10N2O/c1-2-12-11(14)10-7-8-5-3-4-6-9(8)13-10/h2-7,13H,1H2,(H,12,14). The fourth-order valence-corrected chi connectivity index (χ4v) is 1.37. The van der Waals surface area contributed by atoms with E-state index in [1.165, 1.54) is 6.20 Å². The summed E-state index contributed by atoms with van der Waals surface area (Å²) in [7, 11) is 0. The van der Waals surface area contributed by atoms with Gasteiger partial charge in [0.05, 0.1) is 0 Å². The SMILES string of the molecule is C=CNC(=O)c1cc2ccccc2[nH]1. The molecular formula is C11H10N2O. The fourth-order valence-electron chi connectivity index (χ4n) is 1.37. The monoisotopic (exact) mass is 186 g/mol. The molecule has 0 fully saturated rings. The van der Waals surface area contributed by atoms with Crippen LogP contribution < -0.4 is 5.32 Å². The molecule has 3 nitrogen and oxygen atoms in total. The number of fused-ring (bicyclic) bond motifs is 1. The van der Waals surface area contributed by atoms with E-state index in [9.17, 15) is 4.79 Å². The van der Waals surface area contributed by atoms with Crippen molar-refractivity contribution in [2.24, 2.45) is 0 Å². The van der Waals surface area contributed by atoms with Gasteiger partial charge in [0, 0.05) is 10.9 Å². The van der Waals surface area contributed by atoms with E-state index in [-0.39, 0.29) is 5.91 Å². The van der Waals surface area contributed by atoms with Gasteiger partial charge in [0.1, 0.15) is 5.69 Å². The van der Waals surface area contributed by atoms with Gasteiger partial charge in [0.25, 0.3) is 5.91 Å². The summed E-state index contributed by atoms with van der Waals surface area (Å²) in [4.78, 5) is 14.4. The van der Waals surface area contributed by atoms with Gasteiger partial charge in [-0.25, -0.2) is 0 Å². The van der Waals surface area contributed by atoms with Crippen molar-refractivity contribution in [2.45, 2.75) is 0 Å². The van der Waals surface area contributed by atoms with Crippen LogP contribution in [0, 0.1) is 0 Å². The maximum Gasteiger partial charge on any atom is 0.271 e. The van der Waals surface area contributed by atoms with Crippen LogP contribution in [0.4, 0.5) is 0 Å². The molecule has 0 aliphatic heterocycles. The predicted molar refractivity (Wildman–Crippen MR) is 56.0 cm³/mol. The number of para-hydroxylation sites is 1. The number of aromatic nitrogens is 1. The molecule has 1 aromatic heterocycles. The van der Waals surface area contributed by atoms with Crippen LogP contribution in [-0.4, -0.2) is 10.9 Å². The van der Waals surface area contributed by atoms with Crippen LogP contribution >= 0.6 is 0 Å². The first-order chi connectivity index (χ1) is 6.81. The van der Waals surface area contributed by atoms with Crippen LogP contribution in [0.15, 0.2) is 43.1 Å². The molecule has 0 aliphatic rings. The van der Waals surface area contributed by atoms with E-state index >= 15 is 0 Å². The van der Waals surface area contributed by atoms with Crippen molar-refractivity contribution in [2.75, 3.05) is 0 Å². The predicted octanol–water partition coefficient (Wildman–Crippen LogP) is 2.04. The van der Waals surface area contributed by atoms with Gasteiger partial charge in [-0.1, -0.05) is 24.8 Å². The van der Waals surface area contributed by atoms with Gasteiger partial charge in [0.15, 0.2) is 0 Å². The van der Waals surface area contributed by atoms with Crippen LogP contribution in [0.1, 0.15) is 10.5 Å². The molecule has 2 rings (SSSR count). The van der Waals surface area contributed by atoms with E-state index in [0.29, 0.717) is 5.69 Å². The number of benzene rings is 1. The lowest BCUT2D eigenvalue weighted by Gasteiger charge is -1.93. The Morgan fingerprint density at radius 2 is 2.21 bits per heavy atom. The number of carbonyl (C=O) groups excluding carboxylic acids is 1. The lowest BCUT2D eigenvalue weighted by molar-refractivity contribution is 0.0966. The van der Waals surface area contributed by atoms with Gasteiger partial charge in [-0.2, -0.15) is 0 Å². The Balaban J connectivity index is 2.44. The van der Waals surface area contributed by atoms with Crippen LogP contribution in [0.3, 0.4) is 0 Å². The molecule has 1 heterocycles. The largest absolute Gasteiger partial charge is 0.351 e. The Hall–Kier alpha value is -2.03. The van der Waals surface area contributed by atoms with Gasteiger partial charge in [-0.3, -0.25) is 4.79 Å². The minimum absolute atomic E-state index is 0.170. The summed E-state index contributed by atoms with van der Waals surface area (Å²) in [6.07, 6.45) is 1.37. The fraction of sp³-hybridized carbons (Fsp3) is 0.